The topological polar surface area (TPSA) is 82.6 Å². The average molecular weight is 375 g/mol. The van der Waals surface area contributed by atoms with Gasteiger partial charge in [0, 0.05) is 5.56 Å². The Morgan fingerprint density at radius 2 is 1.85 bits per heavy atom. The van der Waals surface area contributed by atoms with E-state index < -0.39 is 5.97 Å². The number of ether oxygens (including phenoxy) is 2. The largest absolute Gasteiger partial charge is 0.492 e. The predicted octanol–water partition coefficient (Wildman–Crippen LogP) is 3.96. The molecule has 1 aromatic carbocycles. The molecule has 2 rings (SSSR count). The van der Waals surface area contributed by atoms with Crippen LogP contribution in [0.15, 0.2) is 12.1 Å². The standard InChI is InChI=1S/C19H21NO5S/c1-5-24-19(23)17-12(4)20-18(26-17)13-6-14(8-21)16(15(7-13)9-22)25-10-11(2)3/h6-9,11H,5,10H2,1-4H3. The van der Waals surface area contributed by atoms with Gasteiger partial charge in [-0.1, -0.05) is 13.8 Å². The number of benzene rings is 1. The molecule has 0 aliphatic rings. The summed E-state index contributed by atoms with van der Waals surface area (Å²) in [5, 5.41) is 0.534. The second-order valence-electron chi connectivity index (χ2n) is 6.08. The first-order chi connectivity index (χ1) is 12.4. The van der Waals surface area contributed by atoms with E-state index >= 15 is 0 Å². The summed E-state index contributed by atoms with van der Waals surface area (Å²) in [6.07, 6.45) is 1.30. The van der Waals surface area contributed by atoms with Gasteiger partial charge in [0.05, 0.1) is 30.0 Å². The summed E-state index contributed by atoms with van der Waals surface area (Å²) in [6.45, 7) is 8.07. The molecule has 0 bridgehead atoms. The molecule has 0 fully saturated rings. The van der Waals surface area contributed by atoms with Crippen molar-refractivity contribution in [1.29, 1.82) is 0 Å². The third-order valence-electron chi connectivity index (χ3n) is 3.47. The number of aryl methyl sites for hydroxylation is 1. The lowest BCUT2D eigenvalue weighted by molar-refractivity contribution is 0.0530. The van der Waals surface area contributed by atoms with E-state index in [0.29, 0.717) is 40.3 Å². The lowest BCUT2D eigenvalue weighted by atomic mass is 10.1. The summed E-state index contributed by atoms with van der Waals surface area (Å²) >= 11 is 1.16. The minimum Gasteiger partial charge on any atom is -0.492 e. The van der Waals surface area contributed by atoms with Crippen LogP contribution in [0.2, 0.25) is 0 Å². The summed E-state index contributed by atoms with van der Waals surface area (Å²) < 4.78 is 10.7. The van der Waals surface area contributed by atoms with Crippen LogP contribution < -0.4 is 4.74 Å². The van der Waals surface area contributed by atoms with E-state index in [2.05, 4.69) is 4.98 Å². The summed E-state index contributed by atoms with van der Waals surface area (Å²) in [4.78, 5) is 39.8. The van der Waals surface area contributed by atoms with Crippen molar-refractivity contribution in [1.82, 2.24) is 4.98 Å². The maximum absolute atomic E-state index is 12.0. The van der Waals surface area contributed by atoms with E-state index in [1.54, 1.807) is 26.0 Å². The molecule has 26 heavy (non-hydrogen) atoms. The second-order valence-corrected chi connectivity index (χ2v) is 7.08. The Hall–Kier alpha value is -2.54. The Labute approximate surface area is 156 Å². The van der Waals surface area contributed by atoms with Crippen molar-refractivity contribution in [3.63, 3.8) is 0 Å². The number of carbonyl (C=O) groups excluding carboxylic acids is 3. The summed E-state index contributed by atoms with van der Waals surface area (Å²) in [7, 11) is 0. The van der Waals surface area contributed by atoms with Crippen LogP contribution in [0.1, 0.15) is 56.9 Å². The van der Waals surface area contributed by atoms with E-state index in [-0.39, 0.29) is 29.4 Å². The van der Waals surface area contributed by atoms with Crippen LogP contribution in [0.3, 0.4) is 0 Å². The van der Waals surface area contributed by atoms with E-state index in [1.165, 1.54) is 0 Å². The normalized spacial score (nSPS) is 10.7. The molecule has 0 radical (unpaired) electrons. The lowest BCUT2D eigenvalue weighted by Gasteiger charge is -2.13. The highest BCUT2D eigenvalue weighted by Crippen LogP contribution is 2.33. The van der Waals surface area contributed by atoms with Gasteiger partial charge in [-0.05, 0) is 31.9 Å². The smallest absolute Gasteiger partial charge is 0.350 e. The van der Waals surface area contributed by atoms with Crippen molar-refractivity contribution in [2.24, 2.45) is 5.92 Å². The van der Waals surface area contributed by atoms with Crippen molar-refractivity contribution in [3.8, 4) is 16.3 Å². The Morgan fingerprint density at radius 3 is 2.35 bits per heavy atom. The van der Waals surface area contributed by atoms with Gasteiger partial charge in [0.2, 0.25) is 0 Å². The predicted molar refractivity (Wildman–Crippen MR) is 99.4 cm³/mol. The van der Waals surface area contributed by atoms with Gasteiger partial charge in [-0.15, -0.1) is 11.3 Å². The summed E-state index contributed by atoms with van der Waals surface area (Å²) in [6, 6.07) is 3.23. The molecule has 0 saturated carbocycles. The van der Waals surface area contributed by atoms with Crippen LogP contribution in [-0.2, 0) is 4.74 Å². The van der Waals surface area contributed by atoms with Crippen LogP contribution in [0.5, 0.6) is 5.75 Å². The average Bonchev–Trinajstić information content (AvgIpc) is 3.01. The Kier molecular flexibility index (Phi) is 6.63. The Balaban J connectivity index is 2.48. The molecule has 1 heterocycles. The number of aldehydes is 2. The van der Waals surface area contributed by atoms with E-state index in [1.807, 2.05) is 13.8 Å². The molecule has 0 amide bonds. The summed E-state index contributed by atoms with van der Waals surface area (Å²) in [5.41, 5.74) is 1.67. The number of thiazole rings is 1. The van der Waals surface area contributed by atoms with Crippen molar-refractivity contribution < 1.29 is 23.9 Å². The molecule has 0 aliphatic heterocycles. The fourth-order valence-corrected chi connectivity index (χ4v) is 3.24. The van der Waals surface area contributed by atoms with Gasteiger partial charge in [-0.2, -0.15) is 0 Å². The van der Waals surface area contributed by atoms with Crippen LogP contribution in [0.4, 0.5) is 0 Å². The van der Waals surface area contributed by atoms with Crippen LogP contribution in [-0.4, -0.2) is 36.7 Å². The van der Waals surface area contributed by atoms with Gasteiger partial charge in [0.1, 0.15) is 15.6 Å². The first kappa shape index (κ1) is 19.8. The van der Waals surface area contributed by atoms with Gasteiger partial charge >= 0.3 is 5.97 Å². The minimum atomic E-state index is -0.433. The van der Waals surface area contributed by atoms with Crippen LogP contribution in [0, 0.1) is 12.8 Å². The van der Waals surface area contributed by atoms with Crippen molar-refractivity contribution in [2.45, 2.75) is 27.7 Å². The molecular formula is C19H21NO5S. The Bertz CT molecular complexity index is 796. The highest BCUT2D eigenvalue weighted by atomic mass is 32.1. The lowest BCUT2D eigenvalue weighted by Crippen LogP contribution is -2.08. The molecule has 0 spiro atoms. The zero-order valence-electron chi connectivity index (χ0n) is 15.2. The second kappa shape index (κ2) is 8.71. The monoisotopic (exact) mass is 375 g/mol. The number of esters is 1. The maximum Gasteiger partial charge on any atom is 0.350 e. The SMILES string of the molecule is CCOC(=O)c1sc(-c2cc(C=O)c(OCC(C)C)c(C=O)c2)nc1C. The van der Waals surface area contributed by atoms with E-state index in [4.69, 9.17) is 9.47 Å². The molecular weight excluding hydrogens is 354 g/mol. The first-order valence-electron chi connectivity index (χ1n) is 8.27. The molecule has 0 saturated heterocycles. The zero-order chi connectivity index (χ0) is 19.3. The molecule has 1 aromatic heterocycles. The molecule has 7 heteroatoms. The molecule has 0 atom stereocenters. The van der Waals surface area contributed by atoms with Crippen LogP contribution >= 0.6 is 11.3 Å². The number of hydrogen-bond donors (Lipinski definition) is 0. The van der Waals surface area contributed by atoms with Gasteiger partial charge in [0.15, 0.2) is 12.6 Å². The van der Waals surface area contributed by atoms with Gasteiger partial charge in [-0.25, -0.2) is 9.78 Å². The third-order valence-corrected chi connectivity index (χ3v) is 4.65. The number of hydrogen-bond acceptors (Lipinski definition) is 7. The number of carbonyl (C=O) groups is 3. The molecule has 6 nitrogen and oxygen atoms in total. The highest BCUT2D eigenvalue weighted by molar-refractivity contribution is 7.17. The first-order valence-corrected chi connectivity index (χ1v) is 9.09. The molecule has 138 valence electrons. The third kappa shape index (κ3) is 4.35. The number of rotatable bonds is 8. The quantitative estimate of drug-likeness (QED) is 0.513. The maximum atomic E-state index is 12.0. The highest BCUT2D eigenvalue weighted by Gasteiger charge is 2.20. The molecule has 0 N–H and O–H groups in total. The molecule has 0 unspecified atom stereocenters. The molecule has 2 aromatic rings. The summed E-state index contributed by atoms with van der Waals surface area (Å²) in [5.74, 6) is 0.0885. The van der Waals surface area contributed by atoms with Gasteiger partial charge < -0.3 is 9.47 Å². The Morgan fingerprint density at radius 1 is 1.23 bits per heavy atom. The van der Waals surface area contributed by atoms with Gasteiger partial charge in [-0.3, -0.25) is 9.59 Å². The number of aromatic nitrogens is 1. The van der Waals surface area contributed by atoms with Crippen molar-refractivity contribution >= 4 is 29.9 Å². The van der Waals surface area contributed by atoms with Gasteiger partial charge in [0.25, 0.3) is 0 Å². The fraction of sp³-hybridized carbons (Fsp3) is 0.368. The van der Waals surface area contributed by atoms with Crippen molar-refractivity contribution in [3.05, 3.63) is 33.8 Å². The molecule has 0 aliphatic carbocycles. The number of nitrogens with zero attached hydrogens (tertiary/aromatic N) is 1. The fourth-order valence-electron chi connectivity index (χ4n) is 2.30. The van der Waals surface area contributed by atoms with E-state index in [0.717, 1.165) is 11.3 Å². The van der Waals surface area contributed by atoms with Crippen LogP contribution in [0.25, 0.3) is 10.6 Å². The van der Waals surface area contributed by atoms with Crippen molar-refractivity contribution in [2.75, 3.05) is 13.2 Å². The zero-order valence-corrected chi connectivity index (χ0v) is 16.0. The minimum absolute atomic E-state index is 0.252. The van der Waals surface area contributed by atoms with E-state index in [9.17, 15) is 14.4 Å².